The fraction of sp³-hybridized carbons (Fsp3) is 0.556. The smallest absolute Gasteiger partial charge is 0.0793 e. The lowest BCUT2D eigenvalue weighted by Gasteiger charge is -2.36. The molecule has 1 N–H and O–H groups in total. The number of morpholine rings is 1. The van der Waals surface area contributed by atoms with E-state index >= 15 is 0 Å². The van der Waals surface area contributed by atoms with Crippen molar-refractivity contribution < 1.29 is 9.84 Å². The van der Waals surface area contributed by atoms with Gasteiger partial charge in [0.05, 0.1) is 19.3 Å². The van der Waals surface area contributed by atoms with Crippen LogP contribution in [-0.4, -0.2) is 49.0 Å². The Labute approximate surface area is 127 Å². The lowest BCUT2D eigenvalue weighted by molar-refractivity contribution is 0.0126. The van der Waals surface area contributed by atoms with Crippen molar-refractivity contribution in [1.29, 1.82) is 0 Å². The summed E-state index contributed by atoms with van der Waals surface area (Å²) >= 11 is 0. The van der Waals surface area contributed by atoms with Gasteiger partial charge < -0.3 is 9.84 Å². The zero-order chi connectivity index (χ0) is 14.5. The average molecular weight is 287 g/mol. The van der Waals surface area contributed by atoms with E-state index in [4.69, 9.17) is 4.74 Å². The first-order valence-electron chi connectivity index (χ1n) is 8.06. The summed E-state index contributed by atoms with van der Waals surface area (Å²) in [7, 11) is 0. The molecule has 1 aliphatic carbocycles. The van der Waals surface area contributed by atoms with Crippen LogP contribution in [0.1, 0.15) is 24.8 Å². The number of ether oxygens (including phenoxy) is 1. The van der Waals surface area contributed by atoms with Crippen molar-refractivity contribution in [2.75, 3.05) is 32.8 Å². The molecule has 0 amide bonds. The van der Waals surface area contributed by atoms with Crippen LogP contribution in [0.15, 0.2) is 35.9 Å². The Balaban J connectivity index is 1.65. The molecule has 2 aliphatic rings. The SMILES string of the molecule is O[C@H]1/C(=C/c2ccccc2)CCC[C@H]1CN1CCOCC1. The van der Waals surface area contributed by atoms with Crippen LogP contribution in [-0.2, 0) is 4.74 Å². The Morgan fingerprint density at radius 3 is 2.71 bits per heavy atom. The maximum atomic E-state index is 10.7. The Morgan fingerprint density at radius 1 is 1.19 bits per heavy atom. The molecule has 114 valence electrons. The van der Waals surface area contributed by atoms with E-state index in [1.165, 1.54) is 17.6 Å². The van der Waals surface area contributed by atoms with Crippen LogP contribution in [0.3, 0.4) is 0 Å². The zero-order valence-electron chi connectivity index (χ0n) is 12.6. The fourth-order valence-corrected chi connectivity index (χ4v) is 3.40. The van der Waals surface area contributed by atoms with Crippen LogP contribution in [0.4, 0.5) is 0 Å². The molecule has 2 atom stereocenters. The summed E-state index contributed by atoms with van der Waals surface area (Å²) in [4.78, 5) is 2.43. The summed E-state index contributed by atoms with van der Waals surface area (Å²) in [5, 5.41) is 10.7. The Hall–Kier alpha value is -1.16. The monoisotopic (exact) mass is 287 g/mol. The van der Waals surface area contributed by atoms with Crippen LogP contribution >= 0.6 is 0 Å². The Kier molecular flexibility index (Phi) is 5.07. The lowest BCUT2D eigenvalue weighted by atomic mass is 9.81. The van der Waals surface area contributed by atoms with E-state index in [9.17, 15) is 5.11 Å². The minimum Gasteiger partial charge on any atom is -0.388 e. The Morgan fingerprint density at radius 2 is 1.95 bits per heavy atom. The summed E-state index contributed by atoms with van der Waals surface area (Å²) in [6.07, 6.45) is 5.23. The summed E-state index contributed by atoms with van der Waals surface area (Å²) in [6.45, 7) is 4.66. The minimum absolute atomic E-state index is 0.290. The third-order valence-electron chi connectivity index (χ3n) is 4.61. The number of benzene rings is 1. The molecule has 0 bridgehead atoms. The van der Waals surface area contributed by atoms with Crippen LogP contribution in [0, 0.1) is 5.92 Å². The van der Waals surface area contributed by atoms with Gasteiger partial charge in [-0.05, 0) is 30.4 Å². The molecule has 1 aromatic rings. The topological polar surface area (TPSA) is 32.7 Å². The molecular weight excluding hydrogens is 262 g/mol. The molecule has 0 unspecified atom stereocenters. The standard InChI is InChI=1S/C18H25NO2/c20-18-16(13-15-5-2-1-3-6-15)7-4-8-17(18)14-19-9-11-21-12-10-19/h1-3,5-6,13,17-18,20H,4,7-12,14H2/b16-13+/t17-,18-/m0/s1. The van der Waals surface area contributed by atoms with E-state index in [1.54, 1.807) is 0 Å². The second-order valence-corrected chi connectivity index (χ2v) is 6.14. The van der Waals surface area contributed by atoms with Crippen LogP contribution in [0.25, 0.3) is 6.08 Å². The first-order chi connectivity index (χ1) is 10.3. The van der Waals surface area contributed by atoms with E-state index in [0.717, 1.165) is 45.7 Å². The first-order valence-corrected chi connectivity index (χ1v) is 8.06. The Bertz CT molecular complexity index is 465. The highest BCUT2D eigenvalue weighted by atomic mass is 16.5. The van der Waals surface area contributed by atoms with Crippen LogP contribution < -0.4 is 0 Å². The highest BCUT2D eigenvalue weighted by Gasteiger charge is 2.29. The molecular formula is C18H25NO2. The number of aliphatic hydroxyl groups excluding tert-OH is 1. The predicted octanol–water partition coefficient (Wildman–Crippen LogP) is 2.56. The van der Waals surface area contributed by atoms with Gasteiger partial charge in [0.25, 0.3) is 0 Å². The predicted molar refractivity (Wildman–Crippen MR) is 85.0 cm³/mol. The van der Waals surface area contributed by atoms with Crippen molar-refractivity contribution in [3.63, 3.8) is 0 Å². The molecule has 1 aliphatic heterocycles. The van der Waals surface area contributed by atoms with Gasteiger partial charge in [0.15, 0.2) is 0 Å². The lowest BCUT2D eigenvalue weighted by Crippen LogP contribution is -2.43. The minimum atomic E-state index is -0.290. The summed E-state index contributed by atoms with van der Waals surface area (Å²) < 4.78 is 5.40. The molecule has 0 aromatic heterocycles. The maximum Gasteiger partial charge on any atom is 0.0793 e. The van der Waals surface area contributed by atoms with Gasteiger partial charge in [0, 0.05) is 25.6 Å². The molecule has 3 nitrogen and oxygen atoms in total. The van der Waals surface area contributed by atoms with E-state index in [-0.39, 0.29) is 6.10 Å². The van der Waals surface area contributed by atoms with Gasteiger partial charge in [0.1, 0.15) is 0 Å². The first kappa shape index (κ1) is 14.8. The van der Waals surface area contributed by atoms with Crippen molar-refractivity contribution in [1.82, 2.24) is 4.90 Å². The zero-order valence-corrected chi connectivity index (χ0v) is 12.6. The highest BCUT2D eigenvalue weighted by Crippen LogP contribution is 2.31. The number of aliphatic hydroxyl groups is 1. The van der Waals surface area contributed by atoms with Gasteiger partial charge in [-0.15, -0.1) is 0 Å². The van der Waals surface area contributed by atoms with Gasteiger partial charge in [-0.1, -0.05) is 36.4 Å². The van der Waals surface area contributed by atoms with Gasteiger partial charge in [-0.3, -0.25) is 4.90 Å². The highest BCUT2D eigenvalue weighted by molar-refractivity contribution is 5.54. The summed E-state index contributed by atoms with van der Waals surface area (Å²) in [6, 6.07) is 10.3. The second kappa shape index (κ2) is 7.21. The maximum absolute atomic E-state index is 10.7. The quantitative estimate of drug-likeness (QED) is 0.927. The molecule has 1 aromatic carbocycles. The fourth-order valence-electron chi connectivity index (χ4n) is 3.40. The molecule has 0 spiro atoms. The van der Waals surface area contributed by atoms with Crippen molar-refractivity contribution in [2.24, 2.45) is 5.92 Å². The number of rotatable bonds is 3. The largest absolute Gasteiger partial charge is 0.388 e. The average Bonchev–Trinajstić information content (AvgIpc) is 2.53. The molecule has 21 heavy (non-hydrogen) atoms. The number of hydrogen-bond acceptors (Lipinski definition) is 3. The van der Waals surface area contributed by atoms with Gasteiger partial charge in [0.2, 0.25) is 0 Å². The van der Waals surface area contributed by atoms with E-state index in [1.807, 2.05) is 18.2 Å². The van der Waals surface area contributed by atoms with Gasteiger partial charge in [-0.2, -0.15) is 0 Å². The summed E-state index contributed by atoms with van der Waals surface area (Å²) in [5.41, 5.74) is 2.39. The molecule has 3 heteroatoms. The van der Waals surface area contributed by atoms with Crippen LogP contribution in [0.2, 0.25) is 0 Å². The van der Waals surface area contributed by atoms with E-state index in [0.29, 0.717) is 5.92 Å². The molecule has 2 fully saturated rings. The molecule has 0 radical (unpaired) electrons. The number of nitrogens with zero attached hydrogens (tertiary/aromatic N) is 1. The van der Waals surface area contributed by atoms with Crippen LogP contribution in [0.5, 0.6) is 0 Å². The molecule has 1 saturated heterocycles. The van der Waals surface area contributed by atoms with Crippen molar-refractivity contribution in [3.8, 4) is 0 Å². The normalized spacial score (nSPS) is 29.7. The van der Waals surface area contributed by atoms with Crippen molar-refractivity contribution in [2.45, 2.75) is 25.4 Å². The number of hydrogen-bond donors (Lipinski definition) is 1. The second-order valence-electron chi connectivity index (χ2n) is 6.14. The van der Waals surface area contributed by atoms with Crippen molar-refractivity contribution in [3.05, 3.63) is 41.5 Å². The van der Waals surface area contributed by atoms with E-state index < -0.39 is 0 Å². The van der Waals surface area contributed by atoms with E-state index in [2.05, 4.69) is 23.1 Å². The van der Waals surface area contributed by atoms with Gasteiger partial charge in [-0.25, -0.2) is 0 Å². The van der Waals surface area contributed by atoms with Crippen molar-refractivity contribution >= 4 is 6.08 Å². The molecule has 3 rings (SSSR count). The third kappa shape index (κ3) is 3.94. The van der Waals surface area contributed by atoms with Gasteiger partial charge >= 0.3 is 0 Å². The molecule has 1 heterocycles. The summed E-state index contributed by atoms with van der Waals surface area (Å²) in [5.74, 6) is 0.367. The molecule has 1 saturated carbocycles. The third-order valence-corrected chi connectivity index (χ3v) is 4.61.